The van der Waals surface area contributed by atoms with E-state index in [1.54, 1.807) is 24.5 Å². The number of hydrogen-bond donors (Lipinski definition) is 0. The molecule has 30 heavy (non-hydrogen) atoms. The second-order valence-electron chi connectivity index (χ2n) is 6.90. The van der Waals surface area contributed by atoms with E-state index in [-0.39, 0.29) is 5.97 Å². The summed E-state index contributed by atoms with van der Waals surface area (Å²) in [6, 6.07) is 5.66. The number of nitrogens with zero attached hydrogens (tertiary/aromatic N) is 3. The van der Waals surface area contributed by atoms with Gasteiger partial charge in [-0.3, -0.25) is 9.97 Å². The number of ether oxygens (including phenoxy) is 1. The monoisotopic (exact) mass is 405 g/mol. The van der Waals surface area contributed by atoms with Crippen molar-refractivity contribution >= 4 is 22.9 Å². The molecule has 0 aliphatic heterocycles. The van der Waals surface area contributed by atoms with E-state index in [1.807, 2.05) is 18.2 Å². The van der Waals surface area contributed by atoms with Crippen molar-refractivity contribution in [1.82, 2.24) is 14.5 Å². The highest BCUT2D eigenvalue weighted by molar-refractivity contribution is 5.98. The van der Waals surface area contributed by atoms with E-state index in [0.717, 1.165) is 40.8 Å². The first-order valence-electron chi connectivity index (χ1n) is 10.4. The lowest BCUT2D eigenvalue weighted by Gasteiger charge is -2.12. The molecule has 0 aliphatic carbocycles. The zero-order valence-corrected chi connectivity index (χ0v) is 18.4. The van der Waals surface area contributed by atoms with Gasteiger partial charge in [-0.2, -0.15) is 0 Å². The van der Waals surface area contributed by atoms with Gasteiger partial charge < -0.3 is 9.30 Å². The van der Waals surface area contributed by atoms with Gasteiger partial charge in [-0.05, 0) is 30.2 Å². The van der Waals surface area contributed by atoms with Gasteiger partial charge in [-0.15, -0.1) is 6.58 Å². The summed E-state index contributed by atoms with van der Waals surface area (Å²) in [7, 11) is 1.39. The van der Waals surface area contributed by atoms with Gasteiger partial charge in [-0.1, -0.05) is 52.3 Å². The summed E-state index contributed by atoms with van der Waals surface area (Å²) in [5.41, 5.74) is 5.18. The molecule has 2 aromatic heterocycles. The Bertz CT molecular complexity index is 1030. The van der Waals surface area contributed by atoms with Crippen LogP contribution < -0.4 is 0 Å². The molecule has 158 valence electrons. The molecule has 0 spiro atoms. The predicted molar refractivity (Wildman–Crippen MR) is 125 cm³/mol. The first-order chi connectivity index (χ1) is 14.6. The number of fused-ring (bicyclic) bond motifs is 1. The van der Waals surface area contributed by atoms with E-state index in [9.17, 15) is 4.79 Å². The standard InChI is InChI=1S/C22H23N3O2.C3H8/c1-5-8-17-16-10-9-15(22(26)27-4)14-19(16)25(13-6-2)21(17)20-18(7-3)23-11-12-24-20;1-3-2/h6-7,9-12,14H,2-3,5,8,13H2,1,4H3;3H2,1-2H3. The third-order valence-corrected chi connectivity index (χ3v) is 4.55. The topological polar surface area (TPSA) is 57.0 Å². The summed E-state index contributed by atoms with van der Waals surface area (Å²) in [6.45, 7) is 14.8. The van der Waals surface area contributed by atoms with Gasteiger partial charge in [0.05, 0.1) is 24.1 Å². The molecule has 0 aliphatic rings. The predicted octanol–water partition coefficient (Wildman–Crippen LogP) is 6.08. The summed E-state index contributed by atoms with van der Waals surface area (Å²) in [4.78, 5) is 21.0. The van der Waals surface area contributed by atoms with Crippen molar-refractivity contribution in [2.75, 3.05) is 7.11 Å². The van der Waals surface area contributed by atoms with Crippen LogP contribution in [-0.2, 0) is 17.7 Å². The van der Waals surface area contributed by atoms with Gasteiger partial charge in [0.2, 0.25) is 0 Å². The van der Waals surface area contributed by atoms with Gasteiger partial charge in [0.1, 0.15) is 5.69 Å². The molecule has 1 aromatic carbocycles. The molecule has 0 unspecified atom stereocenters. The number of aryl methyl sites for hydroxylation is 1. The van der Waals surface area contributed by atoms with Crippen LogP contribution in [0.4, 0.5) is 0 Å². The maximum Gasteiger partial charge on any atom is 0.337 e. The number of hydrogen-bond acceptors (Lipinski definition) is 4. The van der Waals surface area contributed by atoms with E-state index in [0.29, 0.717) is 12.1 Å². The lowest BCUT2D eigenvalue weighted by molar-refractivity contribution is 0.0601. The van der Waals surface area contributed by atoms with Crippen molar-refractivity contribution in [1.29, 1.82) is 0 Å². The Morgan fingerprint density at radius 3 is 2.47 bits per heavy atom. The Labute approximate surface area is 179 Å². The summed E-state index contributed by atoms with van der Waals surface area (Å²) < 4.78 is 7.02. The average Bonchev–Trinajstić information content (AvgIpc) is 3.06. The molecular weight excluding hydrogens is 374 g/mol. The minimum absolute atomic E-state index is 0.354. The molecule has 2 heterocycles. The molecule has 0 atom stereocenters. The number of carbonyl (C=O) groups is 1. The van der Waals surface area contributed by atoms with Crippen LogP contribution in [0, 0.1) is 0 Å². The Hall–Kier alpha value is -3.21. The quantitative estimate of drug-likeness (QED) is 0.353. The normalized spacial score (nSPS) is 10.3. The van der Waals surface area contributed by atoms with Gasteiger partial charge >= 0.3 is 5.97 Å². The molecule has 3 rings (SSSR count). The highest BCUT2D eigenvalue weighted by Crippen LogP contribution is 2.36. The van der Waals surface area contributed by atoms with E-state index in [4.69, 9.17) is 4.74 Å². The molecule has 0 saturated heterocycles. The van der Waals surface area contributed by atoms with Gasteiger partial charge in [-0.25, -0.2) is 4.79 Å². The van der Waals surface area contributed by atoms with Crippen molar-refractivity contribution < 1.29 is 9.53 Å². The maximum absolute atomic E-state index is 12.0. The SMILES string of the molecule is C=CCn1c(-c2nccnc2C=C)c(CCC)c2ccc(C(=O)OC)cc21.CCC. The van der Waals surface area contributed by atoms with Crippen molar-refractivity contribution in [2.24, 2.45) is 0 Å². The fraction of sp³-hybridized carbons (Fsp3) is 0.320. The van der Waals surface area contributed by atoms with Crippen LogP contribution in [0.2, 0.25) is 0 Å². The number of methoxy groups -OCH3 is 1. The van der Waals surface area contributed by atoms with E-state index in [1.165, 1.54) is 19.1 Å². The van der Waals surface area contributed by atoms with Crippen molar-refractivity contribution in [3.63, 3.8) is 0 Å². The molecule has 5 heteroatoms. The summed E-state index contributed by atoms with van der Waals surface area (Å²) in [5.74, 6) is -0.354. The highest BCUT2D eigenvalue weighted by Gasteiger charge is 2.21. The number of carbonyl (C=O) groups excluding carboxylic acids is 1. The Morgan fingerprint density at radius 1 is 1.17 bits per heavy atom. The maximum atomic E-state index is 12.0. The molecule has 0 fully saturated rings. The number of esters is 1. The van der Waals surface area contributed by atoms with Crippen molar-refractivity contribution in [3.8, 4) is 11.4 Å². The summed E-state index contributed by atoms with van der Waals surface area (Å²) in [5, 5.41) is 1.10. The Kier molecular flexibility index (Phi) is 8.54. The van der Waals surface area contributed by atoms with Crippen LogP contribution in [0.25, 0.3) is 28.4 Å². The first kappa shape index (κ1) is 23.1. The zero-order valence-electron chi connectivity index (χ0n) is 18.4. The van der Waals surface area contributed by atoms with E-state index < -0.39 is 0 Å². The molecule has 0 bridgehead atoms. The lowest BCUT2D eigenvalue weighted by atomic mass is 10.0. The lowest BCUT2D eigenvalue weighted by Crippen LogP contribution is -2.04. The van der Waals surface area contributed by atoms with Gasteiger partial charge in [0.15, 0.2) is 0 Å². The van der Waals surface area contributed by atoms with Crippen molar-refractivity contribution in [3.05, 3.63) is 66.6 Å². The van der Waals surface area contributed by atoms with Crippen LogP contribution in [0.3, 0.4) is 0 Å². The molecule has 0 amide bonds. The van der Waals surface area contributed by atoms with E-state index in [2.05, 4.69) is 48.5 Å². The number of rotatable bonds is 7. The smallest absolute Gasteiger partial charge is 0.337 e. The number of allylic oxidation sites excluding steroid dienone is 1. The second kappa shape index (κ2) is 11.1. The fourth-order valence-electron chi connectivity index (χ4n) is 3.44. The van der Waals surface area contributed by atoms with Crippen LogP contribution in [-0.4, -0.2) is 27.6 Å². The zero-order chi connectivity index (χ0) is 22.1. The van der Waals surface area contributed by atoms with E-state index >= 15 is 0 Å². The van der Waals surface area contributed by atoms with Crippen LogP contribution in [0.1, 0.15) is 55.2 Å². The molecule has 5 nitrogen and oxygen atoms in total. The fourth-order valence-corrected chi connectivity index (χ4v) is 3.44. The molecule has 3 aromatic rings. The third-order valence-electron chi connectivity index (χ3n) is 4.55. The molecule has 0 N–H and O–H groups in total. The largest absolute Gasteiger partial charge is 0.465 e. The molecule has 0 saturated carbocycles. The highest BCUT2D eigenvalue weighted by atomic mass is 16.5. The average molecular weight is 406 g/mol. The van der Waals surface area contributed by atoms with Crippen LogP contribution in [0.15, 0.2) is 49.8 Å². The third kappa shape index (κ3) is 4.67. The minimum atomic E-state index is -0.354. The van der Waals surface area contributed by atoms with Crippen molar-refractivity contribution in [2.45, 2.75) is 46.6 Å². The number of aromatic nitrogens is 3. The summed E-state index contributed by atoms with van der Waals surface area (Å²) in [6.07, 6.45) is 10.0. The number of benzene rings is 1. The minimum Gasteiger partial charge on any atom is -0.465 e. The Balaban J connectivity index is 0.00000101. The van der Waals surface area contributed by atoms with Gasteiger partial charge in [0.25, 0.3) is 0 Å². The summed E-state index contributed by atoms with van der Waals surface area (Å²) >= 11 is 0. The van der Waals surface area contributed by atoms with Gasteiger partial charge in [0, 0.05) is 29.8 Å². The Morgan fingerprint density at radius 2 is 1.87 bits per heavy atom. The first-order valence-corrected chi connectivity index (χ1v) is 10.4. The molecule has 0 radical (unpaired) electrons. The molecular formula is C25H31N3O2. The second-order valence-corrected chi connectivity index (χ2v) is 6.90. The van der Waals surface area contributed by atoms with Crippen LogP contribution >= 0.6 is 0 Å². The van der Waals surface area contributed by atoms with Crippen LogP contribution in [0.5, 0.6) is 0 Å².